The molecule has 0 saturated carbocycles. The van der Waals surface area contributed by atoms with Gasteiger partial charge in [-0.15, -0.1) is 0 Å². The van der Waals surface area contributed by atoms with Crippen LogP contribution in [-0.4, -0.2) is 18.2 Å². The van der Waals surface area contributed by atoms with Crippen LogP contribution in [0.4, 0.5) is 0 Å². The average molecular weight is 242 g/mol. The number of fused-ring (bicyclic) bond motifs is 1. The molecule has 0 aliphatic heterocycles. The molecule has 2 aromatic rings. The van der Waals surface area contributed by atoms with Gasteiger partial charge in [-0.05, 0) is 18.4 Å². The third kappa shape index (κ3) is 2.74. The van der Waals surface area contributed by atoms with Crippen LogP contribution in [-0.2, 0) is 9.59 Å². The van der Waals surface area contributed by atoms with Crippen LogP contribution in [0.25, 0.3) is 10.8 Å². The number of Topliss-reactive ketones (excluding diaryl/α,β-unsaturated/α-hetero) is 1. The number of hydrogen-bond donors (Lipinski definition) is 0. The van der Waals surface area contributed by atoms with Crippen LogP contribution in [0.2, 0.25) is 0 Å². The summed E-state index contributed by atoms with van der Waals surface area (Å²) in [7, 11) is 0. The van der Waals surface area contributed by atoms with E-state index >= 15 is 0 Å². The number of carbonyl (C=O) groups excluding carboxylic acids is 2. The third-order valence-electron chi connectivity index (χ3n) is 2.67. The number of ketones is 1. The van der Waals surface area contributed by atoms with Gasteiger partial charge in [0.25, 0.3) is 0 Å². The van der Waals surface area contributed by atoms with Crippen LogP contribution in [0.15, 0.2) is 42.5 Å². The first kappa shape index (κ1) is 12.3. The Kier molecular flexibility index (Phi) is 3.72. The quantitative estimate of drug-likeness (QED) is 0.757. The molecule has 92 valence electrons. The summed E-state index contributed by atoms with van der Waals surface area (Å²) in [6.45, 7) is 1.45. The molecule has 0 amide bonds. The van der Waals surface area contributed by atoms with E-state index in [2.05, 4.69) is 0 Å². The van der Waals surface area contributed by atoms with Crippen molar-refractivity contribution in [1.29, 1.82) is 0 Å². The van der Waals surface area contributed by atoms with Crippen LogP contribution >= 0.6 is 0 Å². The van der Waals surface area contributed by atoms with Crippen LogP contribution in [0, 0.1) is 0 Å². The molecule has 0 aliphatic rings. The summed E-state index contributed by atoms with van der Waals surface area (Å²) in [5.41, 5.74) is 0. The lowest BCUT2D eigenvalue weighted by molar-refractivity contribution is -0.123. The minimum Gasteiger partial charge on any atom is -0.482 e. The van der Waals surface area contributed by atoms with Gasteiger partial charge >= 0.3 is 0 Å². The molecule has 0 aromatic heterocycles. The second kappa shape index (κ2) is 5.45. The predicted molar refractivity (Wildman–Crippen MR) is 69.7 cm³/mol. The van der Waals surface area contributed by atoms with E-state index in [9.17, 15) is 9.59 Å². The highest BCUT2D eigenvalue weighted by Crippen LogP contribution is 2.26. The van der Waals surface area contributed by atoms with E-state index in [-0.39, 0.29) is 12.2 Å². The second-order valence-corrected chi connectivity index (χ2v) is 4.18. The van der Waals surface area contributed by atoms with Gasteiger partial charge in [0.1, 0.15) is 11.5 Å². The van der Waals surface area contributed by atoms with E-state index in [0.29, 0.717) is 12.0 Å². The minimum absolute atomic E-state index is 0.0627. The molecule has 1 atom stereocenters. The van der Waals surface area contributed by atoms with Crippen molar-refractivity contribution in [2.75, 3.05) is 0 Å². The number of aldehydes is 1. The summed E-state index contributed by atoms with van der Waals surface area (Å²) in [6, 6.07) is 13.4. The maximum Gasteiger partial charge on any atom is 0.160 e. The van der Waals surface area contributed by atoms with Gasteiger partial charge in [-0.3, -0.25) is 9.59 Å². The lowest BCUT2D eigenvalue weighted by Crippen LogP contribution is -2.21. The number of benzene rings is 2. The van der Waals surface area contributed by atoms with Crippen LogP contribution in [0.1, 0.15) is 13.3 Å². The number of ether oxygens (including phenoxy) is 1. The lowest BCUT2D eigenvalue weighted by Gasteiger charge is -2.14. The molecule has 0 saturated heterocycles. The predicted octanol–water partition coefficient (Wildman–Crippen LogP) is 2.77. The van der Waals surface area contributed by atoms with Gasteiger partial charge in [0.05, 0.1) is 0 Å². The Morgan fingerprint density at radius 2 is 1.94 bits per heavy atom. The third-order valence-corrected chi connectivity index (χ3v) is 2.67. The Morgan fingerprint density at radius 3 is 2.67 bits per heavy atom. The zero-order valence-corrected chi connectivity index (χ0v) is 10.1. The highest BCUT2D eigenvalue weighted by molar-refractivity contribution is 5.88. The van der Waals surface area contributed by atoms with Crippen LogP contribution in [0.3, 0.4) is 0 Å². The van der Waals surface area contributed by atoms with Gasteiger partial charge in [-0.25, -0.2) is 0 Å². The highest BCUT2D eigenvalue weighted by atomic mass is 16.5. The van der Waals surface area contributed by atoms with E-state index in [1.54, 1.807) is 6.07 Å². The molecule has 0 bridgehead atoms. The summed E-state index contributed by atoms with van der Waals surface area (Å²) >= 11 is 0. The summed E-state index contributed by atoms with van der Waals surface area (Å²) in [5.74, 6) is 0.568. The van der Waals surface area contributed by atoms with Gasteiger partial charge < -0.3 is 4.74 Å². The molecule has 0 N–H and O–H groups in total. The molecule has 0 spiro atoms. The molecular weight excluding hydrogens is 228 g/mol. The van der Waals surface area contributed by atoms with E-state index in [0.717, 1.165) is 10.8 Å². The molecule has 2 rings (SSSR count). The fraction of sp³-hybridized carbons (Fsp3) is 0.200. The maximum atomic E-state index is 11.0. The first-order valence-electron chi connectivity index (χ1n) is 5.80. The molecule has 1 unspecified atom stereocenters. The molecule has 0 aliphatic carbocycles. The molecule has 2 aromatic carbocycles. The molecule has 0 fully saturated rings. The highest BCUT2D eigenvalue weighted by Gasteiger charge is 2.13. The fourth-order valence-corrected chi connectivity index (χ4v) is 1.86. The first-order valence-corrected chi connectivity index (χ1v) is 5.80. The SMILES string of the molecule is CC(=O)CC(C=O)Oc1cccc2ccccc12. The molecular formula is C15H14O3. The summed E-state index contributed by atoms with van der Waals surface area (Å²) < 4.78 is 5.60. The Hall–Kier alpha value is -2.16. The second-order valence-electron chi connectivity index (χ2n) is 4.18. The largest absolute Gasteiger partial charge is 0.482 e. The van der Waals surface area contributed by atoms with Crippen molar-refractivity contribution in [1.82, 2.24) is 0 Å². The van der Waals surface area contributed by atoms with E-state index in [1.165, 1.54) is 6.92 Å². The zero-order valence-electron chi connectivity index (χ0n) is 10.1. The normalized spacial score (nSPS) is 12.1. The number of rotatable bonds is 5. The monoisotopic (exact) mass is 242 g/mol. The molecule has 0 radical (unpaired) electrons. The summed E-state index contributed by atoms with van der Waals surface area (Å²) in [6.07, 6.45) is 0.0592. The Labute approximate surface area is 105 Å². The number of carbonyl (C=O) groups is 2. The van der Waals surface area contributed by atoms with Crippen molar-refractivity contribution in [3.05, 3.63) is 42.5 Å². The molecule has 0 heterocycles. The van der Waals surface area contributed by atoms with E-state index < -0.39 is 6.10 Å². The standard InChI is InChI=1S/C15H14O3/c1-11(17)9-13(10-16)18-15-8-4-6-12-5-2-3-7-14(12)15/h2-8,10,13H,9H2,1H3. The Bertz CT molecular complexity index is 569. The Balaban J connectivity index is 2.30. The van der Waals surface area contributed by atoms with Gasteiger partial charge in [-0.1, -0.05) is 36.4 Å². The van der Waals surface area contributed by atoms with Crippen molar-refractivity contribution < 1.29 is 14.3 Å². The van der Waals surface area contributed by atoms with Gasteiger partial charge in [0.15, 0.2) is 12.4 Å². The van der Waals surface area contributed by atoms with Gasteiger partial charge in [0.2, 0.25) is 0 Å². The van der Waals surface area contributed by atoms with Crippen LogP contribution in [0.5, 0.6) is 5.75 Å². The summed E-state index contributed by atoms with van der Waals surface area (Å²) in [5, 5.41) is 1.98. The van der Waals surface area contributed by atoms with Crippen molar-refractivity contribution in [2.45, 2.75) is 19.4 Å². The van der Waals surface area contributed by atoms with Crippen molar-refractivity contribution in [2.24, 2.45) is 0 Å². The smallest absolute Gasteiger partial charge is 0.160 e. The average Bonchev–Trinajstić information content (AvgIpc) is 2.38. The Morgan fingerprint density at radius 1 is 1.22 bits per heavy atom. The maximum absolute atomic E-state index is 11.0. The number of hydrogen-bond acceptors (Lipinski definition) is 3. The van der Waals surface area contributed by atoms with E-state index in [1.807, 2.05) is 36.4 Å². The molecule has 18 heavy (non-hydrogen) atoms. The van der Waals surface area contributed by atoms with Crippen molar-refractivity contribution >= 4 is 22.8 Å². The zero-order chi connectivity index (χ0) is 13.0. The fourth-order valence-electron chi connectivity index (χ4n) is 1.86. The lowest BCUT2D eigenvalue weighted by atomic mass is 10.1. The minimum atomic E-state index is -0.715. The summed E-state index contributed by atoms with van der Waals surface area (Å²) in [4.78, 5) is 21.9. The van der Waals surface area contributed by atoms with Gasteiger partial charge in [0, 0.05) is 11.8 Å². The van der Waals surface area contributed by atoms with Crippen molar-refractivity contribution in [3.8, 4) is 5.75 Å². The van der Waals surface area contributed by atoms with E-state index in [4.69, 9.17) is 4.74 Å². The van der Waals surface area contributed by atoms with Gasteiger partial charge in [-0.2, -0.15) is 0 Å². The first-order chi connectivity index (χ1) is 8.70. The van der Waals surface area contributed by atoms with Crippen molar-refractivity contribution in [3.63, 3.8) is 0 Å². The molecule has 3 heteroatoms. The topological polar surface area (TPSA) is 43.4 Å². The molecule has 3 nitrogen and oxygen atoms in total. The van der Waals surface area contributed by atoms with Crippen LogP contribution < -0.4 is 4.74 Å².